The van der Waals surface area contributed by atoms with Gasteiger partial charge in [-0.3, -0.25) is 0 Å². The SMILES string of the molecule is CN(C)c1cccc(C(O)c2cccc(Br)c2F)c1. The van der Waals surface area contributed by atoms with Crippen molar-refractivity contribution in [2.45, 2.75) is 6.10 Å². The summed E-state index contributed by atoms with van der Waals surface area (Å²) in [4.78, 5) is 1.94. The number of aliphatic hydroxyl groups excluding tert-OH is 1. The summed E-state index contributed by atoms with van der Waals surface area (Å²) < 4.78 is 14.3. The lowest BCUT2D eigenvalue weighted by atomic mass is 10.0. The lowest BCUT2D eigenvalue weighted by molar-refractivity contribution is 0.215. The van der Waals surface area contributed by atoms with Crippen LogP contribution in [0.3, 0.4) is 0 Å². The van der Waals surface area contributed by atoms with E-state index in [4.69, 9.17) is 0 Å². The number of aliphatic hydroxyl groups is 1. The third-order valence-electron chi connectivity index (χ3n) is 2.98. The van der Waals surface area contributed by atoms with Gasteiger partial charge in [-0.1, -0.05) is 24.3 Å². The van der Waals surface area contributed by atoms with E-state index in [1.807, 2.05) is 37.2 Å². The van der Waals surface area contributed by atoms with Gasteiger partial charge in [0, 0.05) is 25.3 Å². The van der Waals surface area contributed by atoms with Gasteiger partial charge < -0.3 is 10.0 Å². The average molecular weight is 324 g/mol. The molecule has 4 heteroatoms. The molecule has 0 saturated heterocycles. The van der Waals surface area contributed by atoms with E-state index in [-0.39, 0.29) is 5.56 Å². The second kappa shape index (κ2) is 5.72. The molecule has 1 atom stereocenters. The second-order valence-electron chi connectivity index (χ2n) is 4.53. The fourth-order valence-electron chi connectivity index (χ4n) is 1.88. The van der Waals surface area contributed by atoms with Crippen LogP contribution in [0, 0.1) is 5.82 Å². The molecule has 0 amide bonds. The Labute approximate surface area is 120 Å². The standard InChI is InChI=1S/C15H15BrFNO/c1-18(2)11-6-3-5-10(9-11)15(19)12-7-4-8-13(16)14(12)17/h3-9,15,19H,1-2H3. The largest absolute Gasteiger partial charge is 0.384 e. The van der Waals surface area contributed by atoms with Crippen molar-refractivity contribution in [3.8, 4) is 0 Å². The molecule has 0 aromatic heterocycles. The molecule has 0 fully saturated rings. The first kappa shape index (κ1) is 14.0. The van der Waals surface area contributed by atoms with Crippen molar-refractivity contribution in [1.29, 1.82) is 0 Å². The molecular weight excluding hydrogens is 309 g/mol. The molecule has 19 heavy (non-hydrogen) atoms. The summed E-state index contributed by atoms with van der Waals surface area (Å²) in [6, 6.07) is 12.3. The quantitative estimate of drug-likeness (QED) is 0.930. The van der Waals surface area contributed by atoms with Gasteiger partial charge in [-0.2, -0.15) is 0 Å². The number of nitrogens with zero attached hydrogens (tertiary/aromatic N) is 1. The molecule has 0 spiro atoms. The minimum atomic E-state index is -0.975. The topological polar surface area (TPSA) is 23.5 Å². The second-order valence-corrected chi connectivity index (χ2v) is 5.39. The smallest absolute Gasteiger partial charge is 0.143 e. The fourth-order valence-corrected chi connectivity index (χ4v) is 2.27. The first-order valence-electron chi connectivity index (χ1n) is 5.90. The molecule has 2 aromatic rings. The van der Waals surface area contributed by atoms with Gasteiger partial charge in [0.1, 0.15) is 11.9 Å². The Morgan fingerprint density at radius 1 is 1.16 bits per heavy atom. The Morgan fingerprint density at radius 2 is 1.84 bits per heavy atom. The minimum Gasteiger partial charge on any atom is -0.384 e. The average Bonchev–Trinajstić information content (AvgIpc) is 2.41. The lowest BCUT2D eigenvalue weighted by Crippen LogP contribution is -2.10. The highest BCUT2D eigenvalue weighted by atomic mass is 79.9. The van der Waals surface area contributed by atoms with Crippen molar-refractivity contribution in [1.82, 2.24) is 0 Å². The van der Waals surface area contributed by atoms with Gasteiger partial charge in [0.15, 0.2) is 0 Å². The van der Waals surface area contributed by atoms with E-state index in [0.717, 1.165) is 5.69 Å². The normalized spacial score (nSPS) is 12.3. The highest BCUT2D eigenvalue weighted by Gasteiger charge is 2.17. The molecule has 2 nitrogen and oxygen atoms in total. The molecule has 0 bridgehead atoms. The fraction of sp³-hybridized carbons (Fsp3) is 0.200. The third-order valence-corrected chi connectivity index (χ3v) is 3.59. The molecule has 0 aliphatic heterocycles. The van der Waals surface area contributed by atoms with Crippen LogP contribution >= 0.6 is 15.9 Å². The zero-order chi connectivity index (χ0) is 14.0. The van der Waals surface area contributed by atoms with Gasteiger partial charge >= 0.3 is 0 Å². The lowest BCUT2D eigenvalue weighted by Gasteiger charge is -2.17. The number of halogens is 2. The number of hydrogen-bond acceptors (Lipinski definition) is 2. The Kier molecular flexibility index (Phi) is 4.22. The van der Waals surface area contributed by atoms with Crippen LogP contribution in [0.2, 0.25) is 0 Å². The van der Waals surface area contributed by atoms with E-state index in [1.54, 1.807) is 24.3 Å². The summed E-state index contributed by atoms with van der Waals surface area (Å²) in [6.45, 7) is 0. The monoisotopic (exact) mass is 323 g/mol. The number of hydrogen-bond donors (Lipinski definition) is 1. The summed E-state index contributed by atoms with van der Waals surface area (Å²) in [5.41, 5.74) is 1.90. The van der Waals surface area contributed by atoms with E-state index in [1.165, 1.54) is 0 Å². The van der Waals surface area contributed by atoms with Crippen molar-refractivity contribution in [2.75, 3.05) is 19.0 Å². The van der Waals surface area contributed by atoms with Gasteiger partial charge in [-0.15, -0.1) is 0 Å². The van der Waals surface area contributed by atoms with Crippen molar-refractivity contribution >= 4 is 21.6 Å². The molecule has 1 N–H and O–H groups in total. The first-order valence-corrected chi connectivity index (χ1v) is 6.69. The molecule has 1 unspecified atom stereocenters. The van der Waals surface area contributed by atoms with Crippen LogP contribution in [-0.2, 0) is 0 Å². The van der Waals surface area contributed by atoms with E-state index in [9.17, 15) is 9.50 Å². The van der Waals surface area contributed by atoms with Gasteiger partial charge in [-0.05, 0) is 39.7 Å². The van der Waals surface area contributed by atoms with Gasteiger partial charge in [0.25, 0.3) is 0 Å². The zero-order valence-corrected chi connectivity index (χ0v) is 12.4. The maximum absolute atomic E-state index is 14.0. The van der Waals surface area contributed by atoms with Crippen molar-refractivity contribution < 1.29 is 9.50 Å². The van der Waals surface area contributed by atoms with Crippen LogP contribution in [0.25, 0.3) is 0 Å². The van der Waals surface area contributed by atoms with Crippen LogP contribution in [0.5, 0.6) is 0 Å². The van der Waals surface area contributed by atoms with E-state index >= 15 is 0 Å². The summed E-state index contributed by atoms with van der Waals surface area (Å²) in [5, 5.41) is 10.3. The van der Waals surface area contributed by atoms with Crippen LogP contribution in [0.4, 0.5) is 10.1 Å². The predicted octanol–water partition coefficient (Wildman–Crippen LogP) is 3.74. The van der Waals surface area contributed by atoms with Crippen molar-refractivity contribution in [3.63, 3.8) is 0 Å². The maximum atomic E-state index is 14.0. The number of anilines is 1. The summed E-state index contributed by atoms with van der Waals surface area (Å²) in [5.74, 6) is -0.426. The van der Waals surface area contributed by atoms with E-state index in [2.05, 4.69) is 15.9 Å². The molecule has 0 radical (unpaired) electrons. The molecular formula is C15H15BrFNO. The number of benzene rings is 2. The summed E-state index contributed by atoms with van der Waals surface area (Å²) in [7, 11) is 3.84. The van der Waals surface area contributed by atoms with Crippen LogP contribution in [-0.4, -0.2) is 19.2 Å². The summed E-state index contributed by atoms with van der Waals surface area (Å²) >= 11 is 3.13. The predicted molar refractivity (Wildman–Crippen MR) is 78.9 cm³/mol. The Balaban J connectivity index is 2.41. The first-order chi connectivity index (χ1) is 9.00. The molecule has 0 saturated carbocycles. The van der Waals surface area contributed by atoms with E-state index in [0.29, 0.717) is 10.0 Å². The molecule has 0 heterocycles. The van der Waals surface area contributed by atoms with Crippen molar-refractivity contribution in [2.24, 2.45) is 0 Å². The highest BCUT2D eigenvalue weighted by Crippen LogP contribution is 2.29. The molecule has 0 aliphatic carbocycles. The van der Waals surface area contributed by atoms with Gasteiger partial charge in [-0.25, -0.2) is 4.39 Å². The van der Waals surface area contributed by atoms with Crippen LogP contribution < -0.4 is 4.90 Å². The summed E-state index contributed by atoms with van der Waals surface area (Å²) in [6.07, 6.45) is -0.975. The van der Waals surface area contributed by atoms with Crippen LogP contribution in [0.1, 0.15) is 17.2 Å². The third kappa shape index (κ3) is 2.96. The van der Waals surface area contributed by atoms with Crippen LogP contribution in [0.15, 0.2) is 46.9 Å². The van der Waals surface area contributed by atoms with Gasteiger partial charge in [0.2, 0.25) is 0 Å². The Hall–Kier alpha value is -1.39. The molecule has 100 valence electrons. The Bertz CT molecular complexity index is 586. The van der Waals surface area contributed by atoms with Crippen molar-refractivity contribution in [3.05, 3.63) is 63.9 Å². The molecule has 2 rings (SSSR count). The minimum absolute atomic E-state index is 0.269. The molecule has 0 aliphatic rings. The van der Waals surface area contributed by atoms with Gasteiger partial charge in [0.05, 0.1) is 4.47 Å². The van der Waals surface area contributed by atoms with E-state index < -0.39 is 11.9 Å². The Morgan fingerprint density at radius 3 is 2.53 bits per heavy atom. The number of rotatable bonds is 3. The maximum Gasteiger partial charge on any atom is 0.143 e. The molecule has 2 aromatic carbocycles. The highest BCUT2D eigenvalue weighted by molar-refractivity contribution is 9.10. The zero-order valence-electron chi connectivity index (χ0n) is 10.8.